The Morgan fingerprint density at radius 3 is 2.38 bits per heavy atom. The summed E-state index contributed by atoms with van der Waals surface area (Å²) in [5, 5.41) is 3.22. The average molecular weight is 535 g/mol. The highest BCUT2D eigenvalue weighted by molar-refractivity contribution is 7.89. The van der Waals surface area contributed by atoms with Crippen molar-refractivity contribution >= 4 is 15.9 Å². The maximum atomic E-state index is 13.2. The van der Waals surface area contributed by atoms with Crippen LogP contribution in [0.5, 0.6) is 5.75 Å². The fraction of sp³-hybridized carbons (Fsp3) is 0.750. The Balaban J connectivity index is 1.24. The standard InChI is InChI=1S/C28H46N4O4S/c1-20-16-26(36-5)17-21(2)28(20)37(34,35)31(4)14-11-27(33)29-24-7-6-23-19-32(15-8-22(23)18-24)25-9-12-30(3)13-10-25/h16-17,22-25H,6-15,18-19H2,1-5H3,(H,29,33). The van der Waals surface area contributed by atoms with Crippen LogP contribution in [0.15, 0.2) is 17.0 Å². The highest BCUT2D eigenvalue weighted by Gasteiger charge is 2.37. The number of carbonyl (C=O) groups is 1. The van der Waals surface area contributed by atoms with Gasteiger partial charge in [-0.3, -0.25) is 9.69 Å². The average Bonchev–Trinajstić information content (AvgIpc) is 2.86. The number of rotatable bonds is 8. The number of methoxy groups -OCH3 is 1. The number of likely N-dealkylation sites (tertiary alicyclic amines) is 2. The number of nitrogens with one attached hydrogen (secondary N) is 1. The molecule has 1 saturated carbocycles. The van der Waals surface area contributed by atoms with E-state index in [0.29, 0.717) is 27.7 Å². The molecule has 3 unspecified atom stereocenters. The van der Waals surface area contributed by atoms with Gasteiger partial charge in [0.05, 0.1) is 12.0 Å². The molecule has 1 aromatic carbocycles. The minimum atomic E-state index is -3.70. The zero-order valence-corrected chi connectivity index (χ0v) is 24.1. The minimum absolute atomic E-state index is 0.0579. The summed E-state index contributed by atoms with van der Waals surface area (Å²) < 4.78 is 33.0. The lowest BCUT2D eigenvalue weighted by Gasteiger charge is -2.47. The third kappa shape index (κ3) is 6.67. The molecule has 4 rings (SSSR count). The number of hydrogen-bond acceptors (Lipinski definition) is 6. The Labute approximate surface area is 223 Å². The lowest BCUT2D eigenvalue weighted by Crippen LogP contribution is -2.52. The van der Waals surface area contributed by atoms with E-state index in [1.54, 1.807) is 40.1 Å². The van der Waals surface area contributed by atoms with Crippen LogP contribution in [-0.4, -0.2) is 94.4 Å². The quantitative estimate of drug-likeness (QED) is 0.552. The lowest BCUT2D eigenvalue weighted by molar-refractivity contribution is -0.122. The van der Waals surface area contributed by atoms with E-state index in [9.17, 15) is 13.2 Å². The summed E-state index contributed by atoms with van der Waals surface area (Å²) in [6, 6.07) is 4.41. The molecule has 0 bridgehead atoms. The number of nitrogens with zero attached hydrogens (tertiary/aromatic N) is 3. The summed E-state index contributed by atoms with van der Waals surface area (Å²) in [4.78, 5) is 18.3. The Kier molecular flexibility index (Phi) is 9.20. The van der Waals surface area contributed by atoms with Crippen molar-refractivity contribution in [2.75, 3.05) is 53.9 Å². The van der Waals surface area contributed by atoms with E-state index in [4.69, 9.17) is 4.74 Å². The van der Waals surface area contributed by atoms with Gasteiger partial charge in [0.15, 0.2) is 0 Å². The van der Waals surface area contributed by atoms with Crippen LogP contribution in [0.4, 0.5) is 0 Å². The topological polar surface area (TPSA) is 82.2 Å². The first-order valence-electron chi connectivity index (χ1n) is 13.9. The molecule has 8 nitrogen and oxygen atoms in total. The molecule has 2 saturated heterocycles. The number of aryl methyl sites for hydroxylation is 2. The molecule has 3 aliphatic rings. The number of amides is 1. The molecule has 3 fully saturated rings. The van der Waals surface area contributed by atoms with Gasteiger partial charge in [-0.15, -0.1) is 0 Å². The summed E-state index contributed by atoms with van der Waals surface area (Å²) in [7, 11) is 1.64. The van der Waals surface area contributed by atoms with Crippen molar-refractivity contribution in [3.8, 4) is 5.75 Å². The number of piperidine rings is 2. The van der Waals surface area contributed by atoms with Crippen molar-refractivity contribution in [1.82, 2.24) is 19.4 Å². The molecule has 1 N–H and O–H groups in total. The van der Waals surface area contributed by atoms with Gasteiger partial charge in [0.1, 0.15) is 5.75 Å². The molecule has 0 aromatic heterocycles. The molecule has 208 valence electrons. The highest BCUT2D eigenvalue weighted by Crippen LogP contribution is 2.38. The molecule has 0 spiro atoms. The zero-order valence-electron chi connectivity index (χ0n) is 23.3. The monoisotopic (exact) mass is 534 g/mol. The molecule has 9 heteroatoms. The molecule has 3 atom stereocenters. The third-order valence-corrected chi connectivity index (χ3v) is 11.1. The van der Waals surface area contributed by atoms with E-state index in [-0.39, 0.29) is 24.9 Å². The summed E-state index contributed by atoms with van der Waals surface area (Å²) in [5.74, 6) is 2.01. The summed E-state index contributed by atoms with van der Waals surface area (Å²) >= 11 is 0. The molecular weight excluding hydrogens is 488 g/mol. The molecular formula is C28H46N4O4S. The lowest BCUT2D eigenvalue weighted by atomic mass is 9.72. The molecule has 0 radical (unpaired) electrons. The van der Waals surface area contributed by atoms with Gasteiger partial charge in [0.25, 0.3) is 0 Å². The normalized spacial score (nSPS) is 26.2. The molecule has 1 aromatic rings. The molecule has 2 heterocycles. The number of benzene rings is 1. The van der Waals surface area contributed by atoms with Crippen LogP contribution in [0.1, 0.15) is 56.1 Å². The van der Waals surface area contributed by atoms with Crippen molar-refractivity contribution in [3.05, 3.63) is 23.3 Å². The van der Waals surface area contributed by atoms with Crippen LogP contribution >= 0.6 is 0 Å². The molecule has 37 heavy (non-hydrogen) atoms. The predicted molar refractivity (Wildman–Crippen MR) is 146 cm³/mol. The number of sulfonamides is 1. The Morgan fingerprint density at radius 1 is 1.05 bits per heavy atom. The van der Waals surface area contributed by atoms with Crippen molar-refractivity contribution < 1.29 is 17.9 Å². The first kappa shape index (κ1) is 28.3. The van der Waals surface area contributed by atoms with Gasteiger partial charge in [-0.1, -0.05) is 0 Å². The zero-order chi connectivity index (χ0) is 26.7. The Morgan fingerprint density at radius 2 is 1.73 bits per heavy atom. The molecule has 1 amide bonds. The van der Waals surface area contributed by atoms with Gasteiger partial charge in [0, 0.05) is 38.6 Å². The molecule has 2 aliphatic heterocycles. The van der Waals surface area contributed by atoms with E-state index >= 15 is 0 Å². The SMILES string of the molecule is COc1cc(C)c(S(=O)(=O)N(C)CCC(=O)NC2CCC3CN(C4CCN(C)CC4)CCC3C2)c(C)c1. The van der Waals surface area contributed by atoms with Crippen molar-refractivity contribution in [2.24, 2.45) is 11.8 Å². The Bertz CT molecular complexity index is 1030. The second kappa shape index (κ2) is 12.0. The van der Waals surface area contributed by atoms with Crippen molar-refractivity contribution in [1.29, 1.82) is 0 Å². The van der Waals surface area contributed by atoms with E-state index in [0.717, 1.165) is 24.8 Å². The predicted octanol–water partition coefficient (Wildman–Crippen LogP) is 3.02. The smallest absolute Gasteiger partial charge is 0.243 e. The first-order chi connectivity index (χ1) is 17.6. The van der Waals surface area contributed by atoms with E-state index < -0.39 is 10.0 Å². The van der Waals surface area contributed by atoms with Crippen LogP contribution in [0.2, 0.25) is 0 Å². The van der Waals surface area contributed by atoms with Gasteiger partial charge in [-0.05, 0) is 114 Å². The fourth-order valence-electron chi connectivity index (χ4n) is 6.74. The second-order valence-electron chi connectivity index (χ2n) is 11.6. The van der Waals surface area contributed by atoms with Crippen LogP contribution in [-0.2, 0) is 14.8 Å². The number of ether oxygens (including phenoxy) is 1. The third-order valence-electron chi connectivity index (χ3n) is 8.96. The summed E-state index contributed by atoms with van der Waals surface area (Å²) in [6.45, 7) is 8.52. The van der Waals surface area contributed by atoms with Crippen molar-refractivity contribution in [3.63, 3.8) is 0 Å². The molecule has 1 aliphatic carbocycles. The van der Waals surface area contributed by atoms with Crippen LogP contribution in [0.3, 0.4) is 0 Å². The minimum Gasteiger partial charge on any atom is -0.497 e. The number of hydrogen-bond donors (Lipinski definition) is 1. The summed E-state index contributed by atoms with van der Waals surface area (Å²) in [5.41, 5.74) is 1.29. The number of carbonyl (C=O) groups excluding carboxylic acids is 1. The van der Waals surface area contributed by atoms with Crippen LogP contribution in [0, 0.1) is 25.7 Å². The summed E-state index contributed by atoms with van der Waals surface area (Å²) in [6.07, 6.45) is 7.21. The highest BCUT2D eigenvalue weighted by atomic mass is 32.2. The first-order valence-corrected chi connectivity index (χ1v) is 15.4. The number of fused-ring (bicyclic) bond motifs is 1. The maximum Gasteiger partial charge on any atom is 0.243 e. The van der Waals surface area contributed by atoms with Gasteiger partial charge < -0.3 is 15.0 Å². The van der Waals surface area contributed by atoms with Gasteiger partial charge in [-0.25, -0.2) is 12.7 Å². The van der Waals surface area contributed by atoms with Crippen LogP contribution in [0.25, 0.3) is 0 Å². The van der Waals surface area contributed by atoms with E-state index in [2.05, 4.69) is 22.2 Å². The maximum absolute atomic E-state index is 13.2. The van der Waals surface area contributed by atoms with Crippen LogP contribution < -0.4 is 10.1 Å². The van der Waals surface area contributed by atoms with Gasteiger partial charge >= 0.3 is 0 Å². The largest absolute Gasteiger partial charge is 0.497 e. The van der Waals surface area contributed by atoms with Gasteiger partial charge in [0.2, 0.25) is 15.9 Å². The fourth-order valence-corrected chi connectivity index (χ4v) is 8.31. The Hall–Kier alpha value is -1.68. The van der Waals surface area contributed by atoms with Gasteiger partial charge in [-0.2, -0.15) is 0 Å². The van der Waals surface area contributed by atoms with E-state index in [1.165, 1.54) is 56.2 Å². The van der Waals surface area contributed by atoms with Crippen molar-refractivity contribution in [2.45, 2.75) is 75.8 Å². The second-order valence-corrected chi connectivity index (χ2v) is 13.6. The van der Waals surface area contributed by atoms with E-state index in [1.807, 2.05) is 0 Å².